The highest BCUT2D eigenvalue weighted by molar-refractivity contribution is 5.79. The molecule has 1 heterocycles. The van der Waals surface area contributed by atoms with E-state index in [0.29, 0.717) is 6.04 Å². The Morgan fingerprint density at radius 3 is 2.37 bits per heavy atom. The largest absolute Gasteiger partial charge is 0.379 e. The molecule has 1 rings (SSSR count). The molecule has 0 unspecified atom stereocenters. The van der Waals surface area contributed by atoms with Crippen molar-refractivity contribution in [2.24, 2.45) is 10.9 Å². The Morgan fingerprint density at radius 1 is 1.26 bits per heavy atom. The molecule has 1 fully saturated rings. The monoisotopic (exact) mass is 270 g/mol. The first-order valence-corrected chi connectivity index (χ1v) is 7.46. The maximum atomic E-state index is 5.47. The second kappa shape index (κ2) is 9.15. The van der Waals surface area contributed by atoms with E-state index >= 15 is 0 Å². The van der Waals surface area contributed by atoms with Crippen molar-refractivity contribution in [2.75, 3.05) is 46.9 Å². The van der Waals surface area contributed by atoms with Crippen molar-refractivity contribution in [2.45, 2.75) is 32.7 Å². The van der Waals surface area contributed by atoms with E-state index in [2.05, 4.69) is 34.4 Å². The van der Waals surface area contributed by atoms with Gasteiger partial charge < -0.3 is 15.4 Å². The molecule has 1 aliphatic heterocycles. The van der Waals surface area contributed by atoms with Crippen molar-refractivity contribution < 1.29 is 4.74 Å². The van der Waals surface area contributed by atoms with Crippen LogP contribution in [0.15, 0.2) is 4.99 Å². The van der Waals surface area contributed by atoms with Gasteiger partial charge in [0.15, 0.2) is 5.96 Å². The fourth-order valence-electron chi connectivity index (χ4n) is 2.82. The van der Waals surface area contributed by atoms with Crippen LogP contribution < -0.4 is 10.6 Å². The number of nitrogens with one attached hydrogen (secondary N) is 2. The van der Waals surface area contributed by atoms with E-state index in [1.54, 1.807) is 7.05 Å². The van der Waals surface area contributed by atoms with Gasteiger partial charge in [-0.15, -0.1) is 0 Å². The summed E-state index contributed by atoms with van der Waals surface area (Å²) in [4.78, 5) is 6.75. The summed E-state index contributed by atoms with van der Waals surface area (Å²) < 4.78 is 5.47. The minimum Gasteiger partial charge on any atom is -0.379 e. The number of rotatable bonds is 6. The van der Waals surface area contributed by atoms with Crippen molar-refractivity contribution in [1.29, 1.82) is 0 Å². The average molecular weight is 270 g/mol. The number of hydrogen-bond donors (Lipinski definition) is 2. The Balaban J connectivity index is 2.62. The van der Waals surface area contributed by atoms with Crippen LogP contribution in [0.2, 0.25) is 0 Å². The third-order valence-electron chi connectivity index (χ3n) is 4.05. The second-order valence-electron chi connectivity index (χ2n) is 5.00. The lowest BCUT2D eigenvalue weighted by atomic mass is 9.92. The van der Waals surface area contributed by atoms with Crippen LogP contribution in [0, 0.1) is 5.92 Å². The smallest absolute Gasteiger partial charge is 0.190 e. The Morgan fingerprint density at radius 2 is 1.89 bits per heavy atom. The van der Waals surface area contributed by atoms with Gasteiger partial charge in [0.05, 0.1) is 13.2 Å². The molecule has 0 saturated carbocycles. The molecular formula is C14H30N4O. The molecule has 0 aliphatic carbocycles. The number of aliphatic imine (C=N–C) groups is 1. The third kappa shape index (κ3) is 4.99. The minimum absolute atomic E-state index is 0.559. The molecular weight excluding hydrogens is 240 g/mol. The predicted molar refractivity (Wildman–Crippen MR) is 80.7 cm³/mol. The Hall–Kier alpha value is -0.810. The molecule has 0 aromatic carbocycles. The maximum Gasteiger partial charge on any atom is 0.190 e. The van der Waals surface area contributed by atoms with Crippen LogP contribution in [-0.2, 0) is 4.74 Å². The standard InChI is InChI=1S/C14H30N4O/c1-5-12(6-2)13(11-17-14(15-3)16-4)18-7-9-19-10-8-18/h12-13H,5-11H2,1-4H3,(H2,15,16,17)/t13-/m1/s1. The first kappa shape index (κ1) is 16.2. The zero-order valence-electron chi connectivity index (χ0n) is 12.9. The normalized spacial score (nSPS) is 19.5. The Kier molecular flexibility index (Phi) is 7.82. The summed E-state index contributed by atoms with van der Waals surface area (Å²) in [6, 6.07) is 0.559. The molecule has 1 atom stereocenters. The minimum atomic E-state index is 0.559. The van der Waals surface area contributed by atoms with E-state index in [1.165, 1.54) is 12.8 Å². The number of nitrogens with zero attached hydrogens (tertiary/aromatic N) is 2. The highest BCUT2D eigenvalue weighted by Crippen LogP contribution is 2.19. The fourth-order valence-corrected chi connectivity index (χ4v) is 2.82. The molecule has 1 aliphatic rings. The van der Waals surface area contributed by atoms with Gasteiger partial charge in [-0.05, 0) is 5.92 Å². The van der Waals surface area contributed by atoms with E-state index in [-0.39, 0.29) is 0 Å². The van der Waals surface area contributed by atoms with Gasteiger partial charge in [0.1, 0.15) is 0 Å². The number of morpholine rings is 1. The van der Waals surface area contributed by atoms with Crippen molar-refractivity contribution in [1.82, 2.24) is 15.5 Å². The highest BCUT2D eigenvalue weighted by atomic mass is 16.5. The Labute approximate surface area is 117 Å². The Bertz CT molecular complexity index is 260. The molecule has 1 saturated heterocycles. The predicted octanol–water partition coefficient (Wildman–Crippen LogP) is 0.918. The van der Waals surface area contributed by atoms with Gasteiger partial charge >= 0.3 is 0 Å². The van der Waals surface area contributed by atoms with Gasteiger partial charge in [-0.1, -0.05) is 26.7 Å². The van der Waals surface area contributed by atoms with Gasteiger partial charge in [0.25, 0.3) is 0 Å². The van der Waals surface area contributed by atoms with Gasteiger partial charge in [0.2, 0.25) is 0 Å². The van der Waals surface area contributed by atoms with Crippen LogP contribution in [0.5, 0.6) is 0 Å². The quantitative estimate of drug-likeness (QED) is 0.556. The van der Waals surface area contributed by atoms with E-state index in [9.17, 15) is 0 Å². The van der Waals surface area contributed by atoms with E-state index < -0.39 is 0 Å². The summed E-state index contributed by atoms with van der Waals surface area (Å²) in [5, 5.41) is 6.50. The second-order valence-corrected chi connectivity index (χ2v) is 5.00. The molecule has 0 spiro atoms. The molecule has 0 amide bonds. The summed E-state index contributed by atoms with van der Waals surface area (Å²) in [6.07, 6.45) is 2.44. The average Bonchev–Trinajstić information content (AvgIpc) is 2.48. The highest BCUT2D eigenvalue weighted by Gasteiger charge is 2.26. The van der Waals surface area contributed by atoms with E-state index in [1.807, 2.05) is 7.05 Å². The lowest BCUT2D eigenvalue weighted by molar-refractivity contribution is 0.00273. The zero-order chi connectivity index (χ0) is 14.1. The van der Waals surface area contributed by atoms with Gasteiger partial charge in [0, 0.05) is 39.8 Å². The summed E-state index contributed by atoms with van der Waals surface area (Å²) in [5.41, 5.74) is 0. The van der Waals surface area contributed by atoms with Crippen LogP contribution in [0.4, 0.5) is 0 Å². The molecule has 19 heavy (non-hydrogen) atoms. The number of hydrogen-bond acceptors (Lipinski definition) is 3. The van der Waals surface area contributed by atoms with Crippen LogP contribution in [0.3, 0.4) is 0 Å². The molecule has 2 N–H and O–H groups in total. The summed E-state index contributed by atoms with van der Waals surface area (Å²) >= 11 is 0. The van der Waals surface area contributed by atoms with Crippen molar-refractivity contribution >= 4 is 5.96 Å². The maximum absolute atomic E-state index is 5.47. The lowest BCUT2D eigenvalue weighted by Crippen LogP contribution is -2.53. The fraction of sp³-hybridized carbons (Fsp3) is 0.929. The van der Waals surface area contributed by atoms with Gasteiger partial charge in [-0.2, -0.15) is 0 Å². The van der Waals surface area contributed by atoms with E-state index in [0.717, 1.165) is 44.7 Å². The van der Waals surface area contributed by atoms with Gasteiger partial charge in [-0.25, -0.2) is 0 Å². The van der Waals surface area contributed by atoms with Crippen molar-refractivity contribution in [3.8, 4) is 0 Å². The molecule has 5 heteroatoms. The molecule has 0 bridgehead atoms. The number of ether oxygens (including phenoxy) is 1. The molecule has 5 nitrogen and oxygen atoms in total. The SMILES string of the molecule is CCC(CC)[C@@H](CNC(=NC)NC)N1CCOCC1. The van der Waals surface area contributed by atoms with Crippen LogP contribution in [-0.4, -0.2) is 63.8 Å². The summed E-state index contributed by atoms with van der Waals surface area (Å²) in [5.74, 6) is 1.59. The number of guanidine groups is 1. The van der Waals surface area contributed by atoms with Gasteiger partial charge in [-0.3, -0.25) is 9.89 Å². The summed E-state index contributed by atoms with van der Waals surface area (Å²) in [6.45, 7) is 9.32. The summed E-state index contributed by atoms with van der Waals surface area (Å²) in [7, 11) is 3.70. The van der Waals surface area contributed by atoms with Crippen LogP contribution in [0.25, 0.3) is 0 Å². The molecule has 0 radical (unpaired) electrons. The van der Waals surface area contributed by atoms with Crippen molar-refractivity contribution in [3.05, 3.63) is 0 Å². The van der Waals surface area contributed by atoms with E-state index in [4.69, 9.17) is 4.74 Å². The van der Waals surface area contributed by atoms with Crippen molar-refractivity contribution in [3.63, 3.8) is 0 Å². The van der Waals surface area contributed by atoms with Crippen LogP contribution >= 0.6 is 0 Å². The topological polar surface area (TPSA) is 48.9 Å². The molecule has 112 valence electrons. The lowest BCUT2D eigenvalue weighted by Gasteiger charge is -2.39. The zero-order valence-corrected chi connectivity index (χ0v) is 12.9. The molecule has 0 aromatic rings. The van der Waals surface area contributed by atoms with Crippen LogP contribution in [0.1, 0.15) is 26.7 Å². The third-order valence-corrected chi connectivity index (χ3v) is 4.05. The first-order chi connectivity index (χ1) is 9.26. The first-order valence-electron chi connectivity index (χ1n) is 7.46. The molecule has 0 aromatic heterocycles.